The monoisotopic (exact) mass is 310 g/mol. The minimum atomic E-state index is -0.0786. The van der Waals surface area contributed by atoms with Crippen LogP contribution in [0.15, 0.2) is 6.20 Å². The lowest BCUT2D eigenvalue weighted by Crippen LogP contribution is -2.43. The van der Waals surface area contributed by atoms with Gasteiger partial charge in [0.15, 0.2) is 5.69 Å². The molecule has 0 bridgehead atoms. The molecule has 1 aromatic rings. The Labute approximate surface area is 131 Å². The summed E-state index contributed by atoms with van der Waals surface area (Å²) in [5.41, 5.74) is 0.334. The van der Waals surface area contributed by atoms with E-state index >= 15 is 0 Å². The van der Waals surface area contributed by atoms with Gasteiger partial charge < -0.3 is 10.2 Å². The third kappa shape index (κ3) is 3.92. The molecule has 0 aromatic carbocycles. The molecule has 1 fully saturated rings. The number of carbonyl (C=O) groups excluding carboxylic acids is 1. The van der Waals surface area contributed by atoms with Crippen LogP contribution >= 0.6 is 11.6 Å². The first-order valence-corrected chi connectivity index (χ1v) is 7.87. The lowest BCUT2D eigenvalue weighted by molar-refractivity contribution is 0.0668. The molecule has 6 heteroatoms. The zero-order chi connectivity index (χ0) is 15.4. The Morgan fingerprint density at radius 3 is 3.00 bits per heavy atom. The number of hydrogen-bond donors (Lipinski definition) is 1. The van der Waals surface area contributed by atoms with E-state index in [-0.39, 0.29) is 11.8 Å². The SMILES string of the molecule is CNCC1CCCN(C(=O)c2nc(C(C)C)ncc2Cl)C1. The summed E-state index contributed by atoms with van der Waals surface area (Å²) >= 11 is 6.13. The number of aromatic nitrogens is 2. The van der Waals surface area contributed by atoms with Gasteiger partial charge in [0, 0.05) is 19.0 Å². The number of nitrogens with zero attached hydrogens (tertiary/aromatic N) is 3. The van der Waals surface area contributed by atoms with Gasteiger partial charge in [-0.15, -0.1) is 0 Å². The number of halogens is 1. The van der Waals surface area contributed by atoms with Crippen molar-refractivity contribution in [2.24, 2.45) is 5.92 Å². The molecule has 1 aromatic heterocycles. The number of hydrogen-bond acceptors (Lipinski definition) is 4. The van der Waals surface area contributed by atoms with Gasteiger partial charge in [0.1, 0.15) is 5.82 Å². The van der Waals surface area contributed by atoms with E-state index in [9.17, 15) is 4.79 Å². The van der Waals surface area contributed by atoms with E-state index in [1.807, 2.05) is 25.8 Å². The number of amides is 1. The molecule has 1 N–H and O–H groups in total. The highest BCUT2D eigenvalue weighted by molar-refractivity contribution is 6.33. The summed E-state index contributed by atoms with van der Waals surface area (Å²) in [6.45, 7) is 6.47. The van der Waals surface area contributed by atoms with Gasteiger partial charge in [-0.05, 0) is 32.4 Å². The standard InChI is InChI=1S/C15H23ClN4O/c1-10(2)14-18-8-12(16)13(19-14)15(21)20-6-4-5-11(9-20)7-17-3/h8,10-11,17H,4-7,9H2,1-3H3. The summed E-state index contributed by atoms with van der Waals surface area (Å²) in [7, 11) is 1.94. The van der Waals surface area contributed by atoms with E-state index in [4.69, 9.17) is 11.6 Å². The number of nitrogens with one attached hydrogen (secondary N) is 1. The average molecular weight is 311 g/mol. The van der Waals surface area contributed by atoms with Crippen molar-refractivity contribution in [1.82, 2.24) is 20.2 Å². The van der Waals surface area contributed by atoms with Crippen LogP contribution in [-0.2, 0) is 0 Å². The maximum Gasteiger partial charge on any atom is 0.274 e. The van der Waals surface area contributed by atoms with Crippen LogP contribution in [0.25, 0.3) is 0 Å². The van der Waals surface area contributed by atoms with Crippen LogP contribution in [0.5, 0.6) is 0 Å². The summed E-state index contributed by atoms with van der Waals surface area (Å²) in [4.78, 5) is 23.1. The molecular formula is C15H23ClN4O. The molecule has 2 rings (SSSR count). The highest BCUT2D eigenvalue weighted by Gasteiger charge is 2.26. The number of carbonyl (C=O) groups is 1. The Kier molecular flexibility index (Phi) is 5.53. The third-order valence-corrected chi connectivity index (χ3v) is 4.06. The third-order valence-electron chi connectivity index (χ3n) is 3.78. The molecule has 5 nitrogen and oxygen atoms in total. The van der Waals surface area contributed by atoms with Gasteiger partial charge in [-0.1, -0.05) is 25.4 Å². The Hall–Kier alpha value is -1.20. The number of likely N-dealkylation sites (tertiary alicyclic amines) is 1. The molecule has 0 saturated carbocycles. The minimum absolute atomic E-state index is 0.0786. The molecule has 116 valence electrons. The van der Waals surface area contributed by atoms with Crippen molar-refractivity contribution in [2.75, 3.05) is 26.7 Å². The fourth-order valence-corrected chi connectivity index (χ4v) is 2.84. The van der Waals surface area contributed by atoms with Gasteiger partial charge in [0.2, 0.25) is 0 Å². The van der Waals surface area contributed by atoms with Gasteiger partial charge >= 0.3 is 0 Å². The first-order valence-electron chi connectivity index (χ1n) is 7.49. The Morgan fingerprint density at radius 2 is 2.33 bits per heavy atom. The van der Waals surface area contributed by atoms with Gasteiger partial charge in [-0.2, -0.15) is 0 Å². The van der Waals surface area contributed by atoms with Crippen molar-refractivity contribution in [2.45, 2.75) is 32.6 Å². The van der Waals surface area contributed by atoms with E-state index < -0.39 is 0 Å². The van der Waals surface area contributed by atoms with Crippen LogP contribution in [0.3, 0.4) is 0 Å². The average Bonchev–Trinajstić information content (AvgIpc) is 2.47. The van der Waals surface area contributed by atoms with Crippen LogP contribution in [0, 0.1) is 5.92 Å². The second-order valence-electron chi connectivity index (χ2n) is 5.90. The smallest absolute Gasteiger partial charge is 0.274 e. The first kappa shape index (κ1) is 16.2. The van der Waals surface area contributed by atoms with Crippen molar-refractivity contribution in [3.63, 3.8) is 0 Å². The summed E-state index contributed by atoms with van der Waals surface area (Å²) in [6.07, 6.45) is 3.71. The largest absolute Gasteiger partial charge is 0.337 e. The van der Waals surface area contributed by atoms with Crippen LogP contribution in [0.2, 0.25) is 5.02 Å². The van der Waals surface area contributed by atoms with Crippen molar-refractivity contribution < 1.29 is 4.79 Å². The zero-order valence-corrected chi connectivity index (χ0v) is 13.7. The van der Waals surface area contributed by atoms with Crippen molar-refractivity contribution in [3.05, 3.63) is 22.7 Å². The Balaban J connectivity index is 2.17. The fourth-order valence-electron chi connectivity index (χ4n) is 2.66. The van der Waals surface area contributed by atoms with E-state index in [0.717, 1.165) is 32.5 Å². The first-order chi connectivity index (χ1) is 10.0. The van der Waals surface area contributed by atoms with Gasteiger partial charge in [0.05, 0.1) is 11.2 Å². The summed E-state index contributed by atoms with van der Waals surface area (Å²) in [5.74, 6) is 1.25. The van der Waals surface area contributed by atoms with Gasteiger partial charge in [-0.25, -0.2) is 9.97 Å². The maximum atomic E-state index is 12.7. The number of rotatable bonds is 4. The van der Waals surface area contributed by atoms with E-state index in [0.29, 0.717) is 22.5 Å². The molecule has 1 unspecified atom stereocenters. The maximum absolute atomic E-state index is 12.7. The van der Waals surface area contributed by atoms with Crippen LogP contribution in [0.1, 0.15) is 48.9 Å². The lowest BCUT2D eigenvalue weighted by atomic mass is 9.98. The van der Waals surface area contributed by atoms with Crippen molar-refractivity contribution in [3.8, 4) is 0 Å². The van der Waals surface area contributed by atoms with E-state index in [1.165, 1.54) is 6.20 Å². The molecule has 2 heterocycles. The predicted octanol–water partition coefficient (Wildman–Crippen LogP) is 2.33. The quantitative estimate of drug-likeness (QED) is 0.927. The van der Waals surface area contributed by atoms with Crippen molar-refractivity contribution in [1.29, 1.82) is 0 Å². The summed E-state index contributed by atoms with van der Waals surface area (Å²) < 4.78 is 0. The highest BCUT2D eigenvalue weighted by Crippen LogP contribution is 2.22. The fraction of sp³-hybridized carbons (Fsp3) is 0.667. The van der Waals surface area contributed by atoms with E-state index in [1.54, 1.807) is 0 Å². The Morgan fingerprint density at radius 1 is 1.57 bits per heavy atom. The molecule has 0 spiro atoms. The summed E-state index contributed by atoms with van der Waals surface area (Å²) in [5, 5.41) is 3.52. The van der Waals surface area contributed by atoms with Gasteiger partial charge in [-0.3, -0.25) is 4.79 Å². The zero-order valence-electron chi connectivity index (χ0n) is 12.9. The Bertz CT molecular complexity index is 504. The molecule has 1 atom stereocenters. The molecular weight excluding hydrogens is 288 g/mol. The number of piperidine rings is 1. The van der Waals surface area contributed by atoms with Crippen LogP contribution in [0.4, 0.5) is 0 Å². The van der Waals surface area contributed by atoms with E-state index in [2.05, 4.69) is 15.3 Å². The molecule has 0 aliphatic carbocycles. The topological polar surface area (TPSA) is 58.1 Å². The molecule has 1 amide bonds. The van der Waals surface area contributed by atoms with Gasteiger partial charge in [0.25, 0.3) is 5.91 Å². The minimum Gasteiger partial charge on any atom is -0.337 e. The molecule has 1 aliphatic rings. The van der Waals surface area contributed by atoms with Crippen LogP contribution in [-0.4, -0.2) is 47.5 Å². The lowest BCUT2D eigenvalue weighted by Gasteiger charge is -2.32. The second kappa shape index (κ2) is 7.18. The summed E-state index contributed by atoms with van der Waals surface area (Å²) in [6, 6.07) is 0. The molecule has 21 heavy (non-hydrogen) atoms. The van der Waals surface area contributed by atoms with Crippen LogP contribution < -0.4 is 5.32 Å². The second-order valence-corrected chi connectivity index (χ2v) is 6.30. The predicted molar refractivity (Wildman–Crippen MR) is 83.7 cm³/mol. The molecule has 1 saturated heterocycles. The molecule has 0 radical (unpaired) electrons. The van der Waals surface area contributed by atoms with Crippen molar-refractivity contribution >= 4 is 17.5 Å². The molecule has 1 aliphatic heterocycles. The normalized spacial score (nSPS) is 19.1. The highest BCUT2D eigenvalue weighted by atomic mass is 35.5.